The Morgan fingerprint density at radius 1 is 1.50 bits per heavy atom. The molecule has 0 aromatic carbocycles. The Hall–Kier alpha value is 0.180. The standard InChI is InChI=1S/C8H14BrN/c1-2-5-10-6-3-8(9)4-7-10/h2,8H,1,3-7H2. The minimum Gasteiger partial charge on any atom is -0.300 e. The van der Waals surface area contributed by atoms with Crippen LogP contribution in [0, 0.1) is 0 Å². The molecule has 2 heteroatoms. The normalized spacial score (nSPS) is 22.9. The summed E-state index contributed by atoms with van der Waals surface area (Å²) in [5.74, 6) is 0. The van der Waals surface area contributed by atoms with Crippen molar-refractivity contribution in [2.45, 2.75) is 17.7 Å². The predicted molar refractivity (Wildman–Crippen MR) is 48.6 cm³/mol. The van der Waals surface area contributed by atoms with Crippen molar-refractivity contribution >= 4 is 15.9 Å². The summed E-state index contributed by atoms with van der Waals surface area (Å²) in [6, 6.07) is 0. The van der Waals surface area contributed by atoms with Crippen LogP contribution in [0.3, 0.4) is 0 Å². The van der Waals surface area contributed by atoms with Crippen LogP contribution in [0.4, 0.5) is 0 Å². The Morgan fingerprint density at radius 2 is 2.10 bits per heavy atom. The van der Waals surface area contributed by atoms with Crippen molar-refractivity contribution in [3.63, 3.8) is 0 Å². The lowest BCUT2D eigenvalue weighted by molar-refractivity contribution is 0.258. The highest BCUT2D eigenvalue weighted by atomic mass is 79.9. The second-order valence-electron chi connectivity index (χ2n) is 2.76. The number of likely N-dealkylation sites (tertiary alicyclic amines) is 1. The van der Waals surface area contributed by atoms with Crippen LogP contribution in [-0.2, 0) is 0 Å². The number of piperidine rings is 1. The van der Waals surface area contributed by atoms with Gasteiger partial charge in [-0.3, -0.25) is 4.90 Å². The average Bonchev–Trinajstić information content (AvgIpc) is 1.95. The van der Waals surface area contributed by atoms with Gasteiger partial charge in [-0.15, -0.1) is 6.58 Å². The van der Waals surface area contributed by atoms with Gasteiger partial charge in [0.15, 0.2) is 0 Å². The zero-order chi connectivity index (χ0) is 7.40. The summed E-state index contributed by atoms with van der Waals surface area (Å²) in [6.45, 7) is 7.22. The van der Waals surface area contributed by atoms with E-state index in [-0.39, 0.29) is 0 Å². The molecule has 1 fully saturated rings. The molecular weight excluding hydrogens is 190 g/mol. The van der Waals surface area contributed by atoms with Crippen LogP contribution in [0.25, 0.3) is 0 Å². The average molecular weight is 204 g/mol. The van der Waals surface area contributed by atoms with E-state index in [4.69, 9.17) is 0 Å². The molecule has 0 atom stereocenters. The first-order valence-corrected chi connectivity index (χ1v) is 4.72. The molecule has 0 aromatic rings. The summed E-state index contributed by atoms with van der Waals surface area (Å²) in [5.41, 5.74) is 0. The smallest absolute Gasteiger partial charge is 0.0170 e. The van der Waals surface area contributed by atoms with Gasteiger partial charge >= 0.3 is 0 Å². The van der Waals surface area contributed by atoms with E-state index in [2.05, 4.69) is 27.4 Å². The summed E-state index contributed by atoms with van der Waals surface area (Å²) in [6.07, 6.45) is 4.55. The topological polar surface area (TPSA) is 3.24 Å². The van der Waals surface area contributed by atoms with Gasteiger partial charge < -0.3 is 0 Å². The molecule has 1 rings (SSSR count). The third-order valence-corrected chi connectivity index (χ3v) is 2.82. The monoisotopic (exact) mass is 203 g/mol. The van der Waals surface area contributed by atoms with Crippen LogP contribution in [0.5, 0.6) is 0 Å². The molecule has 0 saturated carbocycles. The zero-order valence-electron chi connectivity index (χ0n) is 6.22. The summed E-state index contributed by atoms with van der Waals surface area (Å²) >= 11 is 3.61. The minimum absolute atomic E-state index is 0.758. The molecule has 1 aliphatic heterocycles. The molecule has 1 nitrogen and oxygen atoms in total. The van der Waals surface area contributed by atoms with Crippen molar-refractivity contribution in [2.75, 3.05) is 19.6 Å². The number of rotatable bonds is 2. The fourth-order valence-electron chi connectivity index (χ4n) is 1.27. The molecule has 1 heterocycles. The first-order chi connectivity index (χ1) is 4.83. The summed E-state index contributed by atoms with van der Waals surface area (Å²) in [4.78, 5) is 3.19. The van der Waals surface area contributed by atoms with E-state index in [0.717, 1.165) is 11.4 Å². The second-order valence-corrected chi connectivity index (χ2v) is 4.06. The summed E-state index contributed by atoms with van der Waals surface area (Å²) in [5, 5.41) is 0. The Bertz CT molecular complexity index is 106. The molecule has 0 aromatic heterocycles. The van der Waals surface area contributed by atoms with Crippen LogP contribution < -0.4 is 0 Å². The summed E-state index contributed by atoms with van der Waals surface area (Å²) < 4.78 is 0. The van der Waals surface area contributed by atoms with Gasteiger partial charge in [0.25, 0.3) is 0 Å². The van der Waals surface area contributed by atoms with Crippen LogP contribution in [0.1, 0.15) is 12.8 Å². The van der Waals surface area contributed by atoms with Gasteiger partial charge in [0.05, 0.1) is 0 Å². The largest absolute Gasteiger partial charge is 0.300 e. The van der Waals surface area contributed by atoms with Crippen LogP contribution in [0.2, 0.25) is 0 Å². The molecule has 0 amide bonds. The van der Waals surface area contributed by atoms with Gasteiger partial charge in [0.2, 0.25) is 0 Å². The number of halogens is 1. The molecule has 10 heavy (non-hydrogen) atoms. The highest BCUT2D eigenvalue weighted by Crippen LogP contribution is 2.16. The fraction of sp³-hybridized carbons (Fsp3) is 0.750. The van der Waals surface area contributed by atoms with E-state index in [0.29, 0.717) is 0 Å². The van der Waals surface area contributed by atoms with E-state index < -0.39 is 0 Å². The molecule has 0 spiro atoms. The highest BCUT2D eigenvalue weighted by molar-refractivity contribution is 9.09. The Labute approximate surface area is 71.2 Å². The number of hydrogen-bond donors (Lipinski definition) is 0. The Balaban J connectivity index is 2.19. The molecule has 0 unspecified atom stereocenters. The lowest BCUT2D eigenvalue weighted by Crippen LogP contribution is -2.33. The Kier molecular flexibility index (Phi) is 3.43. The number of hydrogen-bond acceptors (Lipinski definition) is 1. The lowest BCUT2D eigenvalue weighted by Gasteiger charge is -2.27. The molecule has 0 N–H and O–H groups in total. The second kappa shape index (κ2) is 4.14. The first-order valence-electron chi connectivity index (χ1n) is 3.80. The third-order valence-electron chi connectivity index (χ3n) is 1.90. The number of nitrogens with zero attached hydrogens (tertiary/aromatic N) is 1. The maximum absolute atomic E-state index is 3.72. The van der Waals surface area contributed by atoms with Gasteiger partial charge in [0.1, 0.15) is 0 Å². The van der Waals surface area contributed by atoms with E-state index in [9.17, 15) is 0 Å². The van der Waals surface area contributed by atoms with E-state index >= 15 is 0 Å². The van der Waals surface area contributed by atoms with Gasteiger partial charge in [-0.25, -0.2) is 0 Å². The lowest BCUT2D eigenvalue weighted by atomic mass is 10.1. The van der Waals surface area contributed by atoms with Crippen molar-refractivity contribution in [2.24, 2.45) is 0 Å². The van der Waals surface area contributed by atoms with Gasteiger partial charge in [0, 0.05) is 11.4 Å². The SMILES string of the molecule is C=CCN1CCC(Br)CC1. The van der Waals surface area contributed by atoms with Crippen LogP contribution in [-0.4, -0.2) is 29.4 Å². The quantitative estimate of drug-likeness (QED) is 0.491. The molecular formula is C8H14BrN. The molecule has 0 aliphatic carbocycles. The highest BCUT2D eigenvalue weighted by Gasteiger charge is 2.14. The van der Waals surface area contributed by atoms with E-state index in [1.165, 1.54) is 25.9 Å². The van der Waals surface area contributed by atoms with Crippen molar-refractivity contribution in [3.8, 4) is 0 Å². The summed E-state index contributed by atoms with van der Waals surface area (Å²) in [7, 11) is 0. The van der Waals surface area contributed by atoms with Gasteiger partial charge in [-0.1, -0.05) is 22.0 Å². The van der Waals surface area contributed by atoms with Gasteiger partial charge in [-0.05, 0) is 25.9 Å². The van der Waals surface area contributed by atoms with Crippen LogP contribution >= 0.6 is 15.9 Å². The minimum atomic E-state index is 0.758. The van der Waals surface area contributed by atoms with E-state index in [1.54, 1.807) is 0 Å². The van der Waals surface area contributed by atoms with Crippen molar-refractivity contribution in [3.05, 3.63) is 12.7 Å². The third kappa shape index (κ3) is 2.43. The molecule has 0 radical (unpaired) electrons. The van der Waals surface area contributed by atoms with Crippen molar-refractivity contribution < 1.29 is 0 Å². The van der Waals surface area contributed by atoms with Gasteiger partial charge in [-0.2, -0.15) is 0 Å². The van der Waals surface area contributed by atoms with Crippen molar-refractivity contribution in [1.82, 2.24) is 4.90 Å². The van der Waals surface area contributed by atoms with Crippen molar-refractivity contribution in [1.29, 1.82) is 0 Å². The first kappa shape index (κ1) is 8.28. The molecule has 1 saturated heterocycles. The predicted octanol–water partition coefficient (Wildman–Crippen LogP) is 2.03. The maximum atomic E-state index is 3.72. The Morgan fingerprint density at radius 3 is 2.60 bits per heavy atom. The molecule has 58 valence electrons. The zero-order valence-corrected chi connectivity index (χ0v) is 7.81. The maximum Gasteiger partial charge on any atom is 0.0170 e. The molecule has 0 bridgehead atoms. The molecule has 1 aliphatic rings. The number of alkyl halides is 1. The van der Waals surface area contributed by atoms with E-state index in [1.807, 2.05) is 6.08 Å². The fourth-order valence-corrected chi connectivity index (χ4v) is 1.68. The van der Waals surface area contributed by atoms with Crippen LogP contribution in [0.15, 0.2) is 12.7 Å².